The molecule has 2 fully saturated rings. The van der Waals surface area contributed by atoms with Crippen LogP contribution in [0.1, 0.15) is 30.9 Å². The number of carbonyl (C=O) groups is 1. The third kappa shape index (κ3) is 2.55. The van der Waals surface area contributed by atoms with Crippen molar-refractivity contribution in [2.75, 3.05) is 6.54 Å². The number of rotatable bonds is 3. The Morgan fingerprint density at radius 1 is 1.39 bits per heavy atom. The molecule has 1 aliphatic carbocycles. The van der Waals surface area contributed by atoms with Gasteiger partial charge in [-0.15, -0.1) is 0 Å². The lowest BCUT2D eigenvalue weighted by atomic mass is 10.0. The maximum atomic E-state index is 12.5. The average Bonchev–Trinajstić information content (AvgIpc) is 3.21. The SMILES string of the molecule is N#CC(NC(=O)C1CC2(CC2)CN1)c1cncc2ccccc12. The number of nitrogens with one attached hydrogen (secondary N) is 2. The van der Waals surface area contributed by atoms with Crippen LogP contribution >= 0.6 is 0 Å². The topological polar surface area (TPSA) is 77.8 Å². The van der Waals surface area contributed by atoms with E-state index in [0.29, 0.717) is 5.41 Å². The fourth-order valence-corrected chi connectivity index (χ4v) is 3.45. The van der Waals surface area contributed by atoms with E-state index in [0.717, 1.165) is 29.3 Å². The van der Waals surface area contributed by atoms with E-state index in [1.165, 1.54) is 12.8 Å². The van der Waals surface area contributed by atoms with Crippen LogP contribution in [0.3, 0.4) is 0 Å². The summed E-state index contributed by atoms with van der Waals surface area (Å²) in [6.45, 7) is 0.915. The molecule has 2 unspecified atom stereocenters. The first-order chi connectivity index (χ1) is 11.2. The number of aromatic nitrogens is 1. The van der Waals surface area contributed by atoms with E-state index >= 15 is 0 Å². The average molecular weight is 306 g/mol. The predicted molar refractivity (Wildman–Crippen MR) is 86.3 cm³/mol. The third-order valence-corrected chi connectivity index (χ3v) is 5.06. The minimum atomic E-state index is -0.682. The zero-order valence-electron chi connectivity index (χ0n) is 12.7. The summed E-state index contributed by atoms with van der Waals surface area (Å²) in [4.78, 5) is 16.7. The summed E-state index contributed by atoms with van der Waals surface area (Å²) in [6.07, 6.45) is 6.73. The van der Waals surface area contributed by atoms with Gasteiger partial charge in [0.1, 0.15) is 6.04 Å². The maximum absolute atomic E-state index is 12.5. The first-order valence-electron chi connectivity index (χ1n) is 7.97. The number of pyridine rings is 1. The highest BCUT2D eigenvalue weighted by molar-refractivity contribution is 5.87. The van der Waals surface area contributed by atoms with Crippen LogP contribution in [0, 0.1) is 16.7 Å². The van der Waals surface area contributed by atoms with Crippen molar-refractivity contribution in [1.29, 1.82) is 5.26 Å². The summed E-state index contributed by atoms with van der Waals surface area (Å²) in [5.74, 6) is -0.0896. The van der Waals surface area contributed by atoms with Gasteiger partial charge in [-0.1, -0.05) is 24.3 Å². The van der Waals surface area contributed by atoms with Crippen molar-refractivity contribution >= 4 is 16.7 Å². The molecule has 2 atom stereocenters. The molecule has 0 bridgehead atoms. The number of amides is 1. The van der Waals surface area contributed by atoms with Crippen LogP contribution in [0.2, 0.25) is 0 Å². The lowest BCUT2D eigenvalue weighted by Gasteiger charge is -2.17. The largest absolute Gasteiger partial charge is 0.335 e. The van der Waals surface area contributed by atoms with Gasteiger partial charge in [0.15, 0.2) is 0 Å². The van der Waals surface area contributed by atoms with Gasteiger partial charge in [-0.2, -0.15) is 5.26 Å². The first-order valence-corrected chi connectivity index (χ1v) is 7.97. The number of carbonyl (C=O) groups excluding carboxylic acids is 1. The second-order valence-corrected chi connectivity index (χ2v) is 6.66. The first kappa shape index (κ1) is 14.2. The number of hydrogen-bond acceptors (Lipinski definition) is 4. The van der Waals surface area contributed by atoms with Gasteiger partial charge < -0.3 is 10.6 Å². The Morgan fingerprint density at radius 2 is 2.22 bits per heavy atom. The van der Waals surface area contributed by atoms with E-state index in [2.05, 4.69) is 21.7 Å². The Labute approximate surface area is 134 Å². The molecule has 1 spiro atoms. The highest BCUT2D eigenvalue weighted by Crippen LogP contribution is 2.51. The second kappa shape index (κ2) is 5.32. The molecular formula is C18H18N4O. The Balaban J connectivity index is 1.56. The monoisotopic (exact) mass is 306 g/mol. The van der Waals surface area contributed by atoms with Gasteiger partial charge in [0.2, 0.25) is 5.91 Å². The van der Waals surface area contributed by atoms with Gasteiger partial charge in [-0.25, -0.2) is 0 Å². The van der Waals surface area contributed by atoms with Gasteiger partial charge in [-0.3, -0.25) is 9.78 Å². The van der Waals surface area contributed by atoms with Crippen molar-refractivity contribution < 1.29 is 4.79 Å². The maximum Gasteiger partial charge on any atom is 0.238 e. The molecule has 1 aromatic heterocycles. The van der Waals surface area contributed by atoms with Crippen molar-refractivity contribution in [3.8, 4) is 6.07 Å². The molecule has 5 heteroatoms. The molecule has 5 nitrogen and oxygen atoms in total. The smallest absolute Gasteiger partial charge is 0.238 e. The predicted octanol–water partition coefficient (Wildman–Crippen LogP) is 2.06. The number of nitrogens with zero attached hydrogens (tertiary/aromatic N) is 2. The molecule has 0 radical (unpaired) electrons. The van der Waals surface area contributed by atoms with Crippen LogP contribution in [-0.4, -0.2) is 23.5 Å². The normalized spacial score (nSPS) is 22.7. The zero-order valence-corrected chi connectivity index (χ0v) is 12.7. The Bertz CT molecular complexity index is 801. The quantitative estimate of drug-likeness (QED) is 0.910. The van der Waals surface area contributed by atoms with E-state index in [-0.39, 0.29) is 11.9 Å². The van der Waals surface area contributed by atoms with E-state index in [1.54, 1.807) is 12.4 Å². The Hall–Kier alpha value is -2.45. The Kier molecular flexibility index (Phi) is 3.28. The Morgan fingerprint density at radius 3 is 2.96 bits per heavy atom. The van der Waals surface area contributed by atoms with Crippen LogP contribution in [0.4, 0.5) is 0 Å². The van der Waals surface area contributed by atoms with Crippen molar-refractivity contribution in [3.63, 3.8) is 0 Å². The molecule has 1 aliphatic heterocycles. The lowest BCUT2D eigenvalue weighted by molar-refractivity contribution is -0.123. The van der Waals surface area contributed by atoms with Crippen LogP contribution in [-0.2, 0) is 4.79 Å². The lowest BCUT2D eigenvalue weighted by Crippen LogP contribution is -2.41. The summed E-state index contributed by atoms with van der Waals surface area (Å²) in [5, 5.41) is 17.6. The van der Waals surface area contributed by atoms with Crippen LogP contribution in [0.5, 0.6) is 0 Å². The van der Waals surface area contributed by atoms with Crippen molar-refractivity contribution in [2.45, 2.75) is 31.3 Å². The molecule has 1 aromatic carbocycles. The van der Waals surface area contributed by atoms with Crippen molar-refractivity contribution in [3.05, 3.63) is 42.2 Å². The molecule has 1 amide bonds. The summed E-state index contributed by atoms with van der Waals surface area (Å²) in [7, 11) is 0. The zero-order chi connectivity index (χ0) is 15.9. The molecule has 4 rings (SSSR count). The fraction of sp³-hybridized carbons (Fsp3) is 0.389. The summed E-state index contributed by atoms with van der Waals surface area (Å²) in [5.41, 5.74) is 1.10. The van der Waals surface area contributed by atoms with Crippen LogP contribution in [0.15, 0.2) is 36.7 Å². The second-order valence-electron chi connectivity index (χ2n) is 6.66. The van der Waals surface area contributed by atoms with Gasteiger partial charge in [0, 0.05) is 29.9 Å². The molecule has 2 aliphatic rings. The van der Waals surface area contributed by atoms with E-state index in [9.17, 15) is 10.1 Å². The van der Waals surface area contributed by atoms with Crippen LogP contribution in [0.25, 0.3) is 10.8 Å². The minimum absolute atomic E-state index is 0.0896. The molecule has 1 saturated carbocycles. The fourth-order valence-electron chi connectivity index (χ4n) is 3.45. The molecule has 2 heterocycles. The summed E-state index contributed by atoms with van der Waals surface area (Å²) >= 11 is 0. The molecule has 2 N–H and O–H groups in total. The van der Waals surface area contributed by atoms with Gasteiger partial charge in [0.05, 0.1) is 12.1 Å². The van der Waals surface area contributed by atoms with Crippen LogP contribution < -0.4 is 10.6 Å². The van der Waals surface area contributed by atoms with Crippen molar-refractivity contribution in [1.82, 2.24) is 15.6 Å². The summed E-state index contributed by atoms with van der Waals surface area (Å²) in [6, 6.07) is 9.11. The highest BCUT2D eigenvalue weighted by atomic mass is 16.2. The number of nitriles is 1. The minimum Gasteiger partial charge on any atom is -0.335 e. The van der Waals surface area contributed by atoms with E-state index in [1.807, 2.05) is 24.3 Å². The van der Waals surface area contributed by atoms with E-state index in [4.69, 9.17) is 0 Å². The van der Waals surface area contributed by atoms with Gasteiger partial charge in [0.25, 0.3) is 0 Å². The number of benzene rings is 1. The molecule has 116 valence electrons. The van der Waals surface area contributed by atoms with Gasteiger partial charge in [-0.05, 0) is 30.1 Å². The van der Waals surface area contributed by atoms with E-state index < -0.39 is 6.04 Å². The number of fused-ring (bicyclic) bond motifs is 1. The molecular weight excluding hydrogens is 288 g/mol. The number of hydrogen-bond donors (Lipinski definition) is 2. The van der Waals surface area contributed by atoms with Gasteiger partial charge >= 0.3 is 0 Å². The third-order valence-electron chi connectivity index (χ3n) is 5.06. The molecule has 23 heavy (non-hydrogen) atoms. The van der Waals surface area contributed by atoms with Crippen molar-refractivity contribution in [2.24, 2.45) is 5.41 Å². The molecule has 1 saturated heterocycles. The highest BCUT2D eigenvalue weighted by Gasteiger charge is 2.50. The molecule has 2 aromatic rings. The summed E-state index contributed by atoms with van der Waals surface area (Å²) < 4.78 is 0. The standard InChI is InChI=1S/C18H18N4O/c19-8-16(14-10-20-9-12-3-1-2-4-13(12)14)22-17(23)15-7-18(5-6-18)11-21-15/h1-4,9-10,15-16,21H,5-7,11H2,(H,22,23).